The van der Waals surface area contributed by atoms with Crippen molar-refractivity contribution in [2.45, 2.75) is 38.6 Å². The van der Waals surface area contributed by atoms with Crippen molar-refractivity contribution in [3.8, 4) is 0 Å². The van der Waals surface area contributed by atoms with Crippen LogP contribution in [0.2, 0.25) is 0 Å². The van der Waals surface area contributed by atoms with Crippen LogP contribution in [0.1, 0.15) is 49.9 Å². The fourth-order valence-corrected chi connectivity index (χ4v) is 3.87. The van der Waals surface area contributed by atoms with E-state index in [9.17, 15) is 14.7 Å². The molecule has 1 aliphatic rings. The maximum Gasteiger partial charge on any atom is 0.295 e. The Morgan fingerprint density at radius 3 is 2.23 bits per heavy atom. The highest BCUT2D eigenvalue weighted by Crippen LogP contribution is 2.39. The number of ketones is 1. The first-order chi connectivity index (χ1) is 14.6. The average Bonchev–Trinajstić information content (AvgIpc) is 2.98. The molecule has 0 radical (unpaired) electrons. The number of nitrogens with zero attached hydrogens (tertiary/aromatic N) is 2. The highest BCUT2D eigenvalue weighted by Gasteiger charge is 2.44. The summed E-state index contributed by atoms with van der Waals surface area (Å²) in [6.07, 6.45) is 3.77. The quantitative estimate of drug-likeness (QED) is 0.431. The molecule has 1 aromatic heterocycles. The predicted octanol–water partition coefficient (Wildman–Crippen LogP) is 1.14. The van der Waals surface area contributed by atoms with E-state index < -0.39 is 23.5 Å². The van der Waals surface area contributed by atoms with Crippen LogP contribution in [-0.2, 0) is 15.0 Å². The summed E-state index contributed by atoms with van der Waals surface area (Å²) in [5.74, 6) is -1.72. The van der Waals surface area contributed by atoms with Crippen LogP contribution in [-0.4, -0.2) is 48.8 Å². The second-order valence-electron chi connectivity index (χ2n) is 9.39. The van der Waals surface area contributed by atoms with Crippen molar-refractivity contribution < 1.29 is 19.6 Å². The molecule has 0 aliphatic carbocycles. The number of benzene rings is 1. The van der Waals surface area contributed by atoms with Crippen LogP contribution < -0.4 is 10.0 Å². The van der Waals surface area contributed by atoms with Gasteiger partial charge in [0.2, 0.25) is 5.78 Å². The van der Waals surface area contributed by atoms with Crippen LogP contribution >= 0.6 is 0 Å². The largest absolute Gasteiger partial charge is 0.872 e. The number of carbonyl (C=O) groups excluding carboxylic acids is 2. The molecule has 1 N–H and O–H groups in total. The third-order valence-corrected chi connectivity index (χ3v) is 5.64. The highest BCUT2D eigenvalue weighted by atomic mass is 16.3. The van der Waals surface area contributed by atoms with E-state index in [1.54, 1.807) is 17.0 Å². The van der Waals surface area contributed by atoms with Gasteiger partial charge in [-0.15, -0.1) is 0 Å². The van der Waals surface area contributed by atoms with Crippen molar-refractivity contribution in [1.29, 1.82) is 0 Å². The summed E-state index contributed by atoms with van der Waals surface area (Å²) < 4.78 is 0. The van der Waals surface area contributed by atoms with Crippen LogP contribution in [0.15, 0.2) is 54.4 Å². The lowest BCUT2D eigenvalue weighted by atomic mass is 9.85. The van der Waals surface area contributed by atoms with Crippen LogP contribution in [0.5, 0.6) is 0 Å². The summed E-state index contributed by atoms with van der Waals surface area (Å²) in [5.41, 5.74) is 2.30. The minimum Gasteiger partial charge on any atom is -0.872 e. The SMILES string of the molecule is C[NH+](C)CCCN1C(=O)C(=O)C(=C([O-])c2ccncc2)C1c1ccc(C(C)(C)C)cc1. The molecule has 1 aliphatic heterocycles. The van der Waals surface area contributed by atoms with Gasteiger partial charge in [-0.25, -0.2) is 0 Å². The Bertz CT molecular complexity index is 973. The van der Waals surface area contributed by atoms with Gasteiger partial charge in [0.1, 0.15) is 0 Å². The number of hydrogen-bond acceptors (Lipinski definition) is 4. The van der Waals surface area contributed by atoms with Gasteiger partial charge in [0.25, 0.3) is 5.91 Å². The summed E-state index contributed by atoms with van der Waals surface area (Å²) in [7, 11) is 4.09. The van der Waals surface area contributed by atoms with Crippen molar-refractivity contribution in [2.24, 2.45) is 0 Å². The number of likely N-dealkylation sites (tertiary alicyclic amines) is 1. The molecule has 0 bridgehead atoms. The van der Waals surface area contributed by atoms with E-state index in [1.165, 1.54) is 17.3 Å². The van der Waals surface area contributed by atoms with E-state index >= 15 is 0 Å². The van der Waals surface area contributed by atoms with Crippen LogP contribution in [0.25, 0.3) is 5.76 Å². The van der Waals surface area contributed by atoms with Crippen molar-refractivity contribution in [1.82, 2.24) is 9.88 Å². The molecule has 31 heavy (non-hydrogen) atoms. The predicted molar refractivity (Wildman–Crippen MR) is 118 cm³/mol. The van der Waals surface area contributed by atoms with E-state index in [2.05, 4.69) is 25.8 Å². The fourth-order valence-electron chi connectivity index (χ4n) is 3.87. The van der Waals surface area contributed by atoms with Gasteiger partial charge in [0, 0.05) is 30.9 Å². The Hall–Kier alpha value is -2.99. The smallest absolute Gasteiger partial charge is 0.295 e. The van der Waals surface area contributed by atoms with E-state index in [0.29, 0.717) is 12.1 Å². The molecule has 1 atom stereocenters. The molecule has 3 rings (SSSR count). The first-order valence-corrected chi connectivity index (χ1v) is 10.7. The molecule has 0 saturated carbocycles. The Morgan fingerprint density at radius 1 is 1.06 bits per heavy atom. The van der Waals surface area contributed by atoms with Gasteiger partial charge in [0.15, 0.2) is 0 Å². The Balaban J connectivity index is 2.08. The number of nitrogens with one attached hydrogen (secondary N) is 1. The second-order valence-corrected chi connectivity index (χ2v) is 9.39. The number of aromatic nitrogens is 1. The third kappa shape index (κ3) is 4.85. The zero-order valence-corrected chi connectivity index (χ0v) is 18.9. The van der Waals surface area contributed by atoms with Gasteiger partial charge >= 0.3 is 0 Å². The number of pyridine rings is 1. The van der Waals surface area contributed by atoms with Crippen LogP contribution in [0.3, 0.4) is 0 Å². The monoisotopic (exact) mass is 421 g/mol. The minimum atomic E-state index is -0.705. The molecular formula is C25H31N3O3. The van der Waals surface area contributed by atoms with E-state index in [-0.39, 0.29) is 11.0 Å². The Kier molecular flexibility index (Phi) is 6.60. The molecule has 1 unspecified atom stereocenters. The number of quaternary nitrogens is 1. The molecule has 164 valence electrons. The highest BCUT2D eigenvalue weighted by molar-refractivity contribution is 6.46. The molecule has 1 amide bonds. The number of hydrogen-bond donors (Lipinski definition) is 1. The summed E-state index contributed by atoms with van der Waals surface area (Å²) in [4.78, 5) is 32.7. The van der Waals surface area contributed by atoms with Gasteiger partial charge in [0.05, 0.1) is 26.7 Å². The molecule has 1 saturated heterocycles. The second kappa shape index (κ2) is 9.02. The topological polar surface area (TPSA) is 77.8 Å². The van der Waals surface area contributed by atoms with Crippen LogP contribution in [0.4, 0.5) is 0 Å². The standard InChI is InChI=1S/C25H31N3O3/c1-25(2,3)19-9-7-17(8-10-19)21-20(22(29)18-11-13-26-14-12-18)23(30)24(31)28(21)16-6-15-27(4)5/h7-14,21,29H,6,15-16H2,1-5H3. The lowest BCUT2D eigenvalue weighted by molar-refractivity contribution is -0.858. The molecular weight excluding hydrogens is 390 g/mol. The molecule has 1 aromatic carbocycles. The van der Waals surface area contributed by atoms with E-state index in [4.69, 9.17) is 0 Å². The van der Waals surface area contributed by atoms with Crippen molar-refractivity contribution in [3.63, 3.8) is 0 Å². The molecule has 2 heterocycles. The fraction of sp³-hybridized carbons (Fsp3) is 0.400. The lowest BCUT2D eigenvalue weighted by Gasteiger charge is -2.28. The number of carbonyl (C=O) groups is 2. The summed E-state index contributed by atoms with van der Waals surface area (Å²) in [6, 6.07) is 10.4. The van der Waals surface area contributed by atoms with Crippen molar-refractivity contribution >= 4 is 17.4 Å². The Labute approximate surface area is 184 Å². The van der Waals surface area contributed by atoms with Crippen LogP contribution in [0, 0.1) is 0 Å². The third-order valence-electron chi connectivity index (χ3n) is 5.64. The molecule has 1 fully saturated rings. The molecule has 0 spiro atoms. The summed E-state index contributed by atoms with van der Waals surface area (Å²) >= 11 is 0. The molecule has 6 nitrogen and oxygen atoms in total. The lowest BCUT2D eigenvalue weighted by Crippen LogP contribution is -3.05. The minimum absolute atomic E-state index is 0.0204. The number of rotatable bonds is 6. The van der Waals surface area contributed by atoms with E-state index in [0.717, 1.165) is 24.1 Å². The van der Waals surface area contributed by atoms with Crippen molar-refractivity contribution in [3.05, 3.63) is 71.1 Å². The van der Waals surface area contributed by atoms with Gasteiger partial charge in [-0.1, -0.05) is 50.8 Å². The molecule has 2 aromatic rings. The summed E-state index contributed by atoms with van der Waals surface area (Å²) in [5, 5.41) is 13.3. The zero-order valence-electron chi connectivity index (χ0n) is 18.9. The molecule has 6 heteroatoms. The van der Waals surface area contributed by atoms with E-state index in [1.807, 2.05) is 38.4 Å². The van der Waals surface area contributed by atoms with Gasteiger partial charge < -0.3 is 14.9 Å². The first-order valence-electron chi connectivity index (χ1n) is 10.7. The number of Topliss-reactive ketones (excluding diaryl/α,β-unsaturated/α-hetero) is 1. The summed E-state index contributed by atoms with van der Waals surface area (Å²) in [6.45, 7) is 7.68. The first kappa shape index (κ1) is 22.7. The maximum absolute atomic E-state index is 13.3. The number of amides is 1. The normalized spacial score (nSPS) is 18.8. The van der Waals surface area contributed by atoms with Crippen molar-refractivity contribution in [2.75, 3.05) is 27.2 Å². The maximum atomic E-state index is 13.3. The Morgan fingerprint density at radius 2 is 1.68 bits per heavy atom. The van der Waals surface area contributed by atoms with Gasteiger partial charge in [-0.2, -0.15) is 0 Å². The zero-order chi connectivity index (χ0) is 22.8. The van der Waals surface area contributed by atoms with Gasteiger partial charge in [-0.3, -0.25) is 14.6 Å². The van der Waals surface area contributed by atoms with Gasteiger partial charge in [-0.05, 0) is 34.2 Å². The average molecular weight is 422 g/mol.